The molecule has 0 aliphatic rings. The summed E-state index contributed by atoms with van der Waals surface area (Å²) in [6, 6.07) is 42.4. The number of aromatic nitrogens is 5. The number of para-hydroxylation sites is 4. The van der Waals surface area contributed by atoms with Crippen molar-refractivity contribution in [3.8, 4) is 23.3 Å². The van der Waals surface area contributed by atoms with Crippen LogP contribution in [0.5, 0.6) is 0 Å². The van der Waals surface area contributed by atoms with E-state index < -0.39 is 0 Å². The summed E-state index contributed by atoms with van der Waals surface area (Å²) in [7, 11) is 0. The lowest BCUT2D eigenvalue weighted by molar-refractivity contribution is 0.590. The normalized spacial score (nSPS) is 12.2. The van der Waals surface area contributed by atoms with Crippen LogP contribution in [0.2, 0.25) is 0 Å². The van der Waals surface area contributed by atoms with Gasteiger partial charge in [-0.3, -0.25) is 9.13 Å². The summed E-state index contributed by atoms with van der Waals surface area (Å²) in [5, 5.41) is 4.68. The molecule has 0 amide bonds. The highest BCUT2D eigenvalue weighted by molar-refractivity contribution is 6.10. The SMILES string of the molecule is CC(C)(C)c1cccc(-c2nc(-n3c4ccccc4c4ccccc43)nc(-n3c4ccccc4c4ccccc43)n2)c1. The van der Waals surface area contributed by atoms with Crippen LogP contribution in [-0.4, -0.2) is 24.1 Å². The van der Waals surface area contributed by atoms with E-state index in [9.17, 15) is 0 Å². The third-order valence-corrected chi connectivity index (χ3v) is 8.16. The largest absolute Gasteiger partial charge is 0.278 e. The van der Waals surface area contributed by atoms with Gasteiger partial charge in [0.05, 0.1) is 22.1 Å². The molecule has 0 fully saturated rings. The van der Waals surface area contributed by atoms with Crippen LogP contribution < -0.4 is 0 Å². The van der Waals surface area contributed by atoms with Crippen LogP contribution in [0.25, 0.3) is 66.9 Å². The van der Waals surface area contributed by atoms with Gasteiger partial charge in [0.15, 0.2) is 5.82 Å². The van der Waals surface area contributed by atoms with Crippen molar-refractivity contribution in [2.75, 3.05) is 0 Å². The van der Waals surface area contributed by atoms with Crippen LogP contribution in [-0.2, 0) is 5.41 Å². The molecule has 0 aliphatic carbocycles. The van der Waals surface area contributed by atoms with E-state index in [4.69, 9.17) is 15.0 Å². The van der Waals surface area contributed by atoms with E-state index in [-0.39, 0.29) is 5.41 Å². The summed E-state index contributed by atoms with van der Waals surface area (Å²) in [6.07, 6.45) is 0. The van der Waals surface area contributed by atoms with E-state index in [1.807, 2.05) is 0 Å². The fourth-order valence-corrected chi connectivity index (χ4v) is 6.08. The molecule has 0 aliphatic heterocycles. The molecule has 0 bridgehead atoms. The lowest BCUT2D eigenvalue weighted by Gasteiger charge is -2.19. The van der Waals surface area contributed by atoms with Gasteiger partial charge in [-0.1, -0.05) is 112 Å². The lowest BCUT2D eigenvalue weighted by atomic mass is 9.86. The van der Waals surface area contributed by atoms with Gasteiger partial charge in [-0.25, -0.2) is 0 Å². The van der Waals surface area contributed by atoms with E-state index in [0.717, 1.165) is 27.6 Å². The summed E-state index contributed by atoms with van der Waals surface area (Å²) in [5.74, 6) is 1.83. The third kappa shape index (κ3) is 3.74. The van der Waals surface area contributed by atoms with Crippen molar-refractivity contribution in [3.63, 3.8) is 0 Å². The molecule has 42 heavy (non-hydrogen) atoms. The van der Waals surface area contributed by atoms with E-state index in [2.05, 4.69) is 151 Å². The summed E-state index contributed by atoms with van der Waals surface area (Å²) >= 11 is 0. The Morgan fingerprint density at radius 3 is 1.26 bits per heavy atom. The quantitative estimate of drug-likeness (QED) is 0.223. The zero-order valence-corrected chi connectivity index (χ0v) is 23.8. The van der Waals surface area contributed by atoms with Gasteiger partial charge in [0.25, 0.3) is 0 Å². The fraction of sp³-hybridized carbons (Fsp3) is 0.108. The lowest BCUT2D eigenvalue weighted by Crippen LogP contribution is -2.12. The summed E-state index contributed by atoms with van der Waals surface area (Å²) < 4.78 is 4.33. The Bertz CT molecular complexity index is 2060. The fourth-order valence-electron chi connectivity index (χ4n) is 6.08. The summed E-state index contributed by atoms with van der Waals surface area (Å²) in [6.45, 7) is 6.69. The monoisotopic (exact) mass is 543 g/mol. The Morgan fingerprint density at radius 2 is 0.857 bits per heavy atom. The average Bonchev–Trinajstić information content (AvgIpc) is 3.54. The number of benzene rings is 5. The molecular weight excluding hydrogens is 514 g/mol. The molecule has 0 radical (unpaired) electrons. The molecule has 0 spiro atoms. The zero-order chi connectivity index (χ0) is 28.4. The number of nitrogens with zero attached hydrogens (tertiary/aromatic N) is 5. The number of rotatable bonds is 3. The van der Waals surface area contributed by atoms with Crippen LogP contribution >= 0.6 is 0 Å². The Morgan fingerprint density at radius 1 is 0.452 bits per heavy atom. The van der Waals surface area contributed by atoms with Crippen molar-refractivity contribution >= 4 is 43.6 Å². The molecule has 8 aromatic rings. The molecule has 5 heteroatoms. The number of hydrogen-bond acceptors (Lipinski definition) is 3. The molecule has 0 atom stereocenters. The van der Waals surface area contributed by atoms with Gasteiger partial charge in [-0.2, -0.15) is 15.0 Å². The standard InChI is InChI=1S/C37H29N5/c1-37(2,3)25-14-12-13-24(23-25)34-38-35(41-30-19-8-4-15-26(30)27-16-5-9-20-31(27)41)40-36(39-34)42-32-21-10-6-17-28(32)29-18-7-11-22-33(29)42/h4-23H,1-3H3. The number of fused-ring (bicyclic) bond motifs is 6. The Balaban J connectivity index is 1.49. The smallest absolute Gasteiger partial charge is 0.240 e. The maximum absolute atomic E-state index is 5.22. The maximum Gasteiger partial charge on any atom is 0.240 e. The van der Waals surface area contributed by atoms with Gasteiger partial charge in [-0.05, 0) is 41.3 Å². The first kappa shape index (κ1) is 24.5. The van der Waals surface area contributed by atoms with Crippen molar-refractivity contribution < 1.29 is 0 Å². The van der Waals surface area contributed by atoms with Crippen molar-refractivity contribution in [2.24, 2.45) is 0 Å². The predicted octanol–water partition coefficient (Wildman–Crippen LogP) is 9.03. The molecule has 0 unspecified atom stereocenters. The average molecular weight is 544 g/mol. The first-order valence-corrected chi connectivity index (χ1v) is 14.3. The van der Waals surface area contributed by atoms with Crippen molar-refractivity contribution in [1.29, 1.82) is 0 Å². The van der Waals surface area contributed by atoms with Gasteiger partial charge in [0.1, 0.15) is 0 Å². The van der Waals surface area contributed by atoms with E-state index in [1.165, 1.54) is 27.1 Å². The van der Waals surface area contributed by atoms with E-state index in [0.29, 0.717) is 17.7 Å². The summed E-state index contributed by atoms with van der Waals surface area (Å²) in [5.41, 5.74) is 6.44. The van der Waals surface area contributed by atoms with Crippen LogP contribution in [0.15, 0.2) is 121 Å². The molecular formula is C37H29N5. The molecule has 5 nitrogen and oxygen atoms in total. The second kappa shape index (κ2) is 9.11. The minimum absolute atomic E-state index is 0.00559. The van der Waals surface area contributed by atoms with Gasteiger partial charge < -0.3 is 0 Å². The molecule has 0 N–H and O–H groups in total. The highest BCUT2D eigenvalue weighted by atomic mass is 15.3. The molecule has 3 heterocycles. The zero-order valence-electron chi connectivity index (χ0n) is 23.8. The summed E-state index contributed by atoms with van der Waals surface area (Å²) in [4.78, 5) is 15.6. The van der Waals surface area contributed by atoms with Gasteiger partial charge >= 0.3 is 0 Å². The molecule has 202 valence electrons. The second-order valence-electron chi connectivity index (χ2n) is 11.8. The molecule has 0 saturated carbocycles. The second-order valence-corrected chi connectivity index (χ2v) is 11.8. The Hall–Kier alpha value is -5.29. The van der Waals surface area contributed by atoms with Crippen molar-refractivity contribution in [3.05, 3.63) is 127 Å². The molecule has 3 aromatic heterocycles. The van der Waals surface area contributed by atoms with Crippen molar-refractivity contribution in [1.82, 2.24) is 24.1 Å². The van der Waals surface area contributed by atoms with Gasteiger partial charge in [0.2, 0.25) is 11.9 Å². The highest BCUT2D eigenvalue weighted by Gasteiger charge is 2.21. The first-order chi connectivity index (χ1) is 20.5. The van der Waals surface area contributed by atoms with Crippen LogP contribution in [0.1, 0.15) is 26.3 Å². The van der Waals surface area contributed by atoms with Crippen LogP contribution in [0, 0.1) is 0 Å². The minimum Gasteiger partial charge on any atom is -0.278 e. The highest BCUT2D eigenvalue weighted by Crippen LogP contribution is 2.34. The molecule has 0 saturated heterocycles. The topological polar surface area (TPSA) is 48.5 Å². The Kier molecular flexibility index (Phi) is 5.32. The van der Waals surface area contributed by atoms with Gasteiger partial charge in [-0.15, -0.1) is 0 Å². The third-order valence-electron chi connectivity index (χ3n) is 8.16. The van der Waals surface area contributed by atoms with Crippen LogP contribution in [0.4, 0.5) is 0 Å². The Labute approximate surface area is 243 Å². The van der Waals surface area contributed by atoms with E-state index in [1.54, 1.807) is 0 Å². The number of hydrogen-bond donors (Lipinski definition) is 0. The first-order valence-electron chi connectivity index (χ1n) is 14.3. The van der Waals surface area contributed by atoms with Gasteiger partial charge in [0, 0.05) is 27.1 Å². The molecule has 5 aromatic carbocycles. The molecule has 8 rings (SSSR count). The van der Waals surface area contributed by atoms with Crippen LogP contribution in [0.3, 0.4) is 0 Å². The van der Waals surface area contributed by atoms with Crippen molar-refractivity contribution in [2.45, 2.75) is 26.2 Å². The maximum atomic E-state index is 5.22. The minimum atomic E-state index is -0.00559. The van der Waals surface area contributed by atoms with E-state index >= 15 is 0 Å². The predicted molar refractivity (Wildman–Crippen MR) is 173 cm³/mol.